The number of nitrogens with one attached hydrogen (secondary N) is 1. The lowest BCUT2D eigenvalue weighted by molar-refractivity contribution is -0.135. The van der Waals surface area contributed by atoms with Gasteiger partial charge < -0.3 is 20.4 Å². The Balaban J connectivity index is 0.00000261. The molecule has 0 aliphatic carbocycles. The number of rotatable bonds is 5. The summed E-state index contributed by atoms with van der Waals surface area (Å²) in [6.45, 7) is 6.15. The summed E-state index contributed by atoms with van der Waals surface area (Å²) in [5.74, 6) is -0.111. The highest BCUT2D eigenvalue weighted by atomic mass is 35.5. The maximum absolute atomic E-state index is 12.8. The molecule has 2 aromatic rings. The van der Waals surface area contributed by atoms with Crippen LogP contribution in [-0.4, -0.2) is 42.9 Å². The van der Waals surface area contributed by atoms with Crippen LogP contribution in [0.25, 0.3) is 11.0 Å². The van der Waals surface area contributed by atoms with Crippen molar-refractivity contribution in [3.05, 3.63) is 35.1 Å². The summed E-state index contributed by atoms with van der Waals surface area (Å²) in [5.41, 5.74) is 9.47. The summed E-state index contributed by atoms with van der Waals surface area (Å²) in [5, 5.41) is 3.82. The van der Waals surface area contributed by atoms with E-state index < -0.39 is 0 Å². The van der Waals surface area contributed by atoms with E-state index in [4.69, 9.17) is 10.2 Å². The average Bonchev–Trinajstić information content (AvgIpc) is 3.06. The number of furan rings is 1. The Labute approximate surface area is 165 Å². The topological polar surface area (TPSA) is 88.6 Å². The minimum atomic E-state index is -0.148. The second-order valence-electron chi connectivity index (χ2n) is 7.08. The number of halogens is 1. The van der Waals surface area contributed by atoms with E-state index in [1.807, 2.05) is 19.9 Å². The number of hydrogen-bond donors (Lipinski definition) is 2. The minimum Gasteiger partial charge on any atom is -0.464 e. The Bertz CT molecular complexity index is 818. The summed E-state index contributed by atoms with van der Waals surface area (Å²) in [4.78, 5) is 26.7. The molecule has 148 valence electrons. The number of fused-ring (bicyclic) bond motifs is 1. The molecular formula is C20H28ClN3O3. The van der Waals surface area contributed by atoms with Gasteiger partial charge in [-0.1, -0.05) is 12.1 Å². The molecule has 3 rings (SSSR count). The third-order valence-electron chi connectivity index (χ3n) is 5.27. The molecule has 0 radical (unpaired) electrons. The Morgan fingerprint density at radius 1 is 1.33 bits per heavy atom. The molecule has 0 saturated carbocycles. The van der Waals surface area contributed by atoms with Crippen molar-refractivity contribution in [1.82, 2.24) is 10.2 Å². The molecule has 1 fully saturated rings. The van der Waals surface area contributed by atoms with Crippen molar-refractivity contribution in [3.63, 3.8) is 0 Å². The Hall–Kier alpha value is -2.05. The highest BCUT2D eigenvalue weighted by molar-refractivity contribution is 5.90. The molecule has 1 atom stereocenters. The minimum absolute atomic E-state index is 0. The van der Waals surface area contributed by atoms with Crippen molar-refractivity contribution in [2.24, 2.45) is 11.7 Å². The first-order valence-electron chi connectivity index (χ1n) is 9.23. The molecule has 6 nitrogen and oxygen atoms in total. The van der Waals surface area contributed by atoms with Crippen LogP contribution in [0.3, 0.4) is 0 Å². The number of carbonyl (C=O) groups is 2. The van der Waals surface area contributed by atoms with E-state index in [-0.39, 0.29) is 30.1 Å². The van der Waals surface area contributed by atoms with Gasteiger partial charge in [0.1, 0.15) is 5.58 Å². The van der Waals surface area contributed by atoms with Crippen LogP contribution in [0.15, 0.2) is 22.8 Å². The number of carbonyl (C=O) groups excluding carboxylic acids is 2. The molecule has 27 heavy (non-hydrogen) atoms. The van der Waals surface area contributed by atoms with Crippen LogP contribution in [0, 0.1) is 19.8 Å². The van der Waals surface area contributed by atoms with Crippen LogP contribution in [0.2, 0.25) is 0 Å². The average molecular weight is 394 g/mol. The molecule has 1 saturated heterocycles. The van der Waals surface area contributed by atoms with Gasteiger partial charge in [-0.05, 0) is 37.8 Å². The zero-order valence-corrected chi connectivity index (χ0v) is 16.7. The first-order chi connectivity index (χ1) is 12.5. The molecule has 0 spiro atoms. The van der Waals surface area contributed by atoms with E-state index in [1.165, 1.54) is 5.56 Å². The van der Waals surface area contributed by atoms with Gasteiger partial charge in [0.05, 0.1) is 18.6 Å². The van der Waals surface area contributed by atoms with E-state index in [9.17, 15) is 9.59 Å². The van der Waals surface area contributed by atoms with Gasteiger partial charge in [0.2, 0.25) is 11.8 Å². The molecule has 0 bridgehead atoms. The van der Waals surface area contributed by atoms with Crippen molar-refractivity contribution in [2.45, 2.75) is 33.1 Å². The van der Waals surface area contributed by atoms with Crippen LogP contribution >= 0.6 is 12.4 Å². The van der Waals surface area contributed by atoms with Crippen molar-refractivity contribution >= 4 is 35.2 Å². The molecular weight excluding hydrogens is 366 g/mol. The third kappa shape index (κ3) is 4.62. The van der Waals surface area contributed by atoms with Crippen molar-refractivity contribution in [1.29, 1.82) is 0 Å². The van der Waals surface area contributed by atoms with Crippen molar-refractivity contribution in [3.8, 4) is 0 Å². The highest BCUT2D eigenvalue weighted by Gasteiger charge is 2.28. The molecule has 1 aliphatic rings. The van der Waals surface area contributed by atoms with E-state index in [2.05, 4.69) is 11.4 Å². The molecule has 3 N–H and O–H groups in total. The smallest absolute Gasteiger partial charge is 0.227 e. The van der Waals surface area contributed by atoms with Gasteiger partial charge in [-0.2, -0.15) is 0 Å². The Morgan fingerprint density at radius 3 is 2.85 bits per heavy atom. The zero-order chi connectivity index (χ0) is 18.7. The van der Waals surface area contributed by atoms with Crippen LogP contribution in [0.5, 0.6) is 0 Å². The van der Waals surface area contributed by atoms with Crippen molar-refractivity contribution in [2.75, 3.05) is 26.2 Å². The molecule has 2 amide bonds. The zero-order valence-electron chi connectivity index (χ0n) is 15.9. The number of piperidine rings is 1. The van der Waals surface area contributed by atoms with Gasteiger partial charge >= 0.3 is 0 Å². The Morgan fingerprint density at radius 2 is 2.11 bits per heavy atom. The fourth-order valence-electron chi connectivity index (χ4n) is 3.56. The largest absolute Gasteiger partial charge is 0.464 e. The SMILES string of the molecule is Cc1ccc2c(CC(=O)N3CCCC(C(=O)NCCN)C3)coc2c1C.Cl. The number of benzene rings is 1. The molecule has 1 aromatic carbocycles. The highest BCUT2D eigenvalue weighted by Crippen LogP contribution is 2.27. The second kappa shape index (κ2) is 9.24. The lowest BCUT2D eigenvalue weighted by Gasteiger charge is -2.32. The third-order valence-corrected chi connectivity index (χ3v) is 5.27. The summed E-state index contributed by atoms with van der Waals surface area (Å²) in [7, 11) is 0. The monoisotopic (exact) mass is 393 g/mol. The molecule has 1 aliphatic heterocycles. The van der Waals surface area contributed by atoms with Gasteiger partial charge in [-0.3, -0.25) is 9.59 Å². The second-order valence-corrected chi connectivity index (χ2v) is 7.08. The summed E-state index contributed by atoms with van der Waals surface area (Å²) in [6, 6.07) is 4.07. The van der Waals surface area contributed by atoms with Gasteiger partial charge in [0, 0.05) is 37.1 Å². The van der Waals surface area contributed by atoms with Crippen LogP contribution < -0.4 is 11.1 Å². The standard InChI is InChI=1S/C20H27N3O3.ClH/c1-13-5-6-17-16(12-26-19(17)14(13)2)10-18(24)23-9-3-4-15(11-23)20(25)22-8-7-21;/h5-6,12,15H,3-4,7-11,21H2,1-2H3,(H,22,25);1H. The maximum atomic E-state index is 12.8. The lowest BCUT2D eigenvalue weighted by atomic mass is 9.96. The Kier molecular flexibility index (Phi) is 7.27. The maximum Gasteiger partial charge on any atom is 0.227 e. The quantitative estimate of drug-likeness (QED) is 0.815. The van der Waals surface area contributed by atoms with Gasteiger partial charge in [-0.25, -0.2) is 0 Å². The van der Waals surface area contributed by atoms with Crippen molar-refractivity contribution < 1.29 is 14.0 Å². The number of nitrogens with zero attached hydrogens (tertiary/aromatic N) is 1. The van der Waals surface area contributed by atoms with Gasteiger partial charge in [-0.15, -0.1) is 12.4 Å². The first kappa shape index (κ1) is 21.3. The number of amides is 2. The number of hydrogen-bond acceptors (Lipinski definition) is 4. The van der Waals surface area contributed by atoms with Crippen LogP contribution in [0.1, 0.15) is 29.5 Å². The molecule has 1 unspecified atom stereocenters. The molecule has 1 aromatic heterocycles. The number of aryl methyl sites for hydroxylation is 2. The lowest BCUT2D eigenvalue weighted by Crippen LogP contribution is -2.46. The number of likely N-dealkylation sites (tertiary alicyclic amines) is 1. The normalized spacial score (nSPS) is 16.9. The van der Waals surface area contributed by atoms with Crippen LogP contribution in [-0.2, 0) is 16.0 Å². The van der Waals surface area contributed by atoms with Gasteiger partial charge in [0.25, 0.3) is 0 Å². The summed E-state index contributed by atoms with van der Waals surface area (Å²) >= 11 is 0. The number of nitrogens with two attached hydrogens (primary N) is 1. The van der Waals surface area contributed by atoms with Gasteiger partial charge in [0.15, 0.2) is 0 Å². The van der Waals surface area contributed by atoms with E-state index in [0.29, 0.717) is 32.6 Å². The van der Waals surface area contributed by atoms with E-state index in [1.54, 1.807) is 11.2 Å². The summed E-state index contributed by atoms with van der Waals surface area (Å²) in [6.07, 6.45) is 3.64. The van der Waals surface area contributed by atoms with Crippen LogP contribution in [0.4, 0.5) is 0 Å². The predicted octanol–water partition coefficient (Wildman–Crippen LogP) is 2.33. The van der Waals surface area contributed by atoms with E-state index in [0.717, 1.165) is 34.9 Å². The molecule has 2 heterocycles. The fraction of sp³-hybridized carbons (Fsp3) is 0.500. The first-order valence-corrected chi connectivity index (χ1v) is 9.23. The fourth-order valence-corrected chi connectivity index (χ4v) is 3.56. The predicted molar refractivity (Wildman–Crippen MR) is 108 cm³/mol. The molecule has 7 heteroatoms. The van der Waals surface area contributed by atoms with E-state index >= 15 is 0 Å². The summed E-state index contributed by atoms with van der Waals surface area (Å²) < 4.78 is 5.71.